The van der Waals surface area contributed by atoms with E-state index >= 15 is 0 Å². The van der Waals surface area contributed by atoms with Gasteiger partial charge >= 0.3 is 0 Å². The molecule has 1 saturated heterocycles. The van der Waals surface area contributed by atoms with Crippen molar-refractivity contribution >= 4 is 22.7 Å². The molecule has 0 aliphatic carbocycles. The molecule has 1 aliphatic heterocycles. The highest BCUT2D eigenvalue weighted by Gasteiger charge is 2.35. The maximum atomic E-state index is 9.97. The number of aryl methyl sites for hydroxylation is 1. The summed E-state index contributed by atoms with van der Waals surface area (Å²) >= 11 is 0. The first-order valence-corrected chi connectivity index (χ1v) is 8.53. The second kappa shape index (κ2) is 6.64. The van der Waals surface area contributed by atoms with Crippen molar-refractivity contribution in [2.75, 3.05) is 11.9 Å². The smallest absolute Gasteiger partial charge is 0.167 e. The lowest BCUT2D eigenvalue weighted by Gasteiger charge is -2.14. The van der Waals surface area contributed by atoms with Gasteiger partial charge in [-0.2, -0.15) is 0 Å². The van der Waals surface area contributed by atoms with Crippen molar-refractivity contribution in [3.8, 4) is 0 Å². The topological polar surface area (TPSA) is 105 Å². The van der Waals surface area contributed by atoms with Gasteiger partial charge in [0.15, 0.2) is 17.0 Å². The molecular weight excluding hydrogens is 334 g/mol. The molecule has 0 spiro atoms. The summed E-state index contributed by atoms with van der Waals surface area (Å²) in [6, 6.07) is 6.05. The average Bonchev–Trinajstić information content (AvgIpc) is 3.22. The summed E-state index contributed by atoms with van der Waals surface area (Å²) in [5.41, 5.74) is 4.54. The van der Waals surface area contributed by atoms with E-state index in [1.807, 2.05) is 12.1 Å². The molecule has 4 rings (SSSR count). The molecule has 0 saturated carbocycles. The molecule has 1 unspecified atom stereocenters. The van der Waals surface area contributed by atoms with Crippen LogP contribution in [-0.4, -0.2) is 48.5 Å². The van der Waals surface area contributed by atoms with Gasteiger partial charge in [-0.3, -0.25) is 4.57 Å². The van der Waals surface area contributed by atoms with Crippen LogP contribution in [0, 0.1) is 13.8 Å². The molecule has 1 fully saturated rings. The molecule has 0 radical (unpaired) electrons. The monoisotopic (exact) mass is 355 g/mol. The number of benzene rings is 1. The van der Waals surface area contributed by atoms with Crippen LogP contribution in [0.15, 0.2) is 30.9 Å². The Morgan fingerprint density at radius 1 is 1.27 bits per heavy atom. The third-order valence-electron chi connectivity index (χ3n) is 4.91. The fraction of sp³-hybridized carbons (Fsp3) is 0.389. The largest absolute Gasteiger partial charge is 0.394 e. The molecule has 2 aromatic heterocycles. The van der Waals surface area contributed by atoms with Gasteiger partial charge in [0.25, 0.3) is 0 Å². The summed E-state index contributed by atoms with van der Waals surface area (Å²) in [5.74, 6) is 0.611. The first-order chi connectivity index (χ1) is 12.6. The molecule has 8 heteroatoms. The van der Waals surface area contributed by atoms with E-state index in [2.05, 4.69) is 40.2 Å². The van der Waals surface area contributed by atoms with Crippen LogP contribution in [0.1, 0.15) is 23.8 Å². The normalized spacial score (nSPS) is 22.8. The maximum absolute atomic E-state index is 9.97. The Labute approximate surface area is 150 Å². The summed E-state index contributed by atoms with van der Waals surface area (Å²) in [5, 5.41) is 22.6. The number of hydrogen-bond acceptors (Lipinski definition) is 7. The first-order valence-electron chi connectivity index (χ1n) is 8.53. The van der Waals surface area contributed by atoms with Gasteiger partial charge < -0.3 is 20.3 Å². The second-order valence-electron chi connectivity index (χ2n) is 6.53. The van der Waals surface area contributed by atoms with Crippen LogP contribution in [0.2, 0.25) is 0 Å². The van der Waals surface area contributed by atoms with Crippen LogP contribution in [0.5, 0.6) is 0 Å². The minimum absolute atomic E-state index is 0.223. The highest BCUT2D eigenvalue weighted by molar-refractivity contribution is 5.85. The Hall–Kier alpha value is -2.55. The SMILES string of the molecule is Cc1cccc(Nc2ncnc3c2ncn3C2C[C@H](O)[C@@H](CO)O2)c1C. The van der Waals surface area contributed by atoms with Crippen molar-refractivity contribution in [2.24, 2.45) is 0 Å². The van der Waals surface area contributed by atoms with E-state index < -0.39 is 18.4 Å². The molecule has 1 aliphatic rings. The van der Waals surface area contributed by atoms with Gasteiger partial charge in [0.05, 0.1) is 19.0 Å². The van der Waals surface area contributed by atoms with Crippen molar-refractivity contribution < 1.29 is 14.9 Å². The van der Waals surface area contributed by atoms with Crippen molar-refractivity contribution in [1.82, 2.24) is 19.5 Å². The standard InChI is InChI=1S/C18H21N5O3/c1-10-4-3-5-12(11(10)2)22-17-16-18(20-8-19-17)23(9-21-16)15-6-13(25)14(7-24)26-15/h3-5,8-9,13-15,24-25H,6-7H2,1-2H3,(H,19,20,22)/t13-,14+,15?/m0/s1. The highest BCUT2D eigenvalue weighted by atomic mass is 16.5. The van der Waals surface area contributed by atoms with Crippen molar-refractivity contribution in [2.45, 2.75) is 38.7 Å². The quantitative estimate of drug-likeness (QED) is 0.655. The van der Waals surface area contributed by atoms with E-state index in [0.717, 1.165) is 11.3 Å². The highest BCUT2D eigenvalue weighted by Crippen LogP contribution is 2.32. The zero-order valence-corrected chi connectivity index (χ0v) is 14.6. The zero-order chi connectivity index (χ0) is 18.3. The van der Waals surface area contributed by atoms with Gasteiger partial charge in [-0.15, -0.1) is 0 Å². The van der Waals surface area contributed by atoms with Crippen LogP contribution in [-0.2, 0) is 4.74 Å². The molecule has 3 atom stereocenters. The molecule has 3 aromatic rings. The molecule has 3 N–H and O–H groups in total. The Morgan fingerprint density at radius 2 is 2.12 bits per heavy atom. The lowest BCUT2D eigenvalue weighted by Crippen LogP contribution is -2.24. The molecular formula is C18H21N5O3. The Bertz CT molecular complexity index is 942. The molecule has 1 aromatic carbocycles. The summed E-state index contributed by atoms with van der Waals surface area (Å²) in [6.07, 6.45) is 1.76. The van der Waals surface area contributed by atoms with E-state index in [1.54, 1.807) is 10.9 Å². The van der Waals surface area contributed by atoms with Crippen molar-refractivity contribution in [1.29, 1.82) is 0 Å². The predicted molar refractivity (Wildman–Crippen MR) is 96.1 cm³/mol. The molecule has 0 amide bonds. The van der Waals surface area contributed by atoms with Crippen LogP contribution in [0.4, 0.5) is 11.5 Å². The number of nitrogens with one attached hydrogen (secondary N) is 1. The summed E-state index contributed by atoms with van der Waals surface area (Å²) < 4.78 is 7.48. The van der Waals surface area contributed by atoms with Crippen LogP contribution in [0.3, 0.4) is 0 Å². The van der Waals surface area contributed by atoms with Gasteiger partial charge in [0.2, 0.25) is 0 Å². The molecule has 8 nitrogen and oxygen atoms in total. The van der Waals surface area contributed by atoms with Gasteiger partial charge in [0, 0.05) is 12.1 Å². The van der Waals surface area contributed by atoms with E-state index in [0.29, 0.717) is 23.4 Å². The lowest BCUT2D eigenvalue weighted by molar-refractivity contribution is -0.0432. The number of nitrogens with zero attached hydrogens (tertiary/aromatic N) is 4. The van der Waals surface area contributed by atoms with E-state index in [-0.39, 0.29) is 6.61 Å². The Kier molecular flexibility index (Phi) is 4.31. The van der Waals surface area contributed by atoms with Gasteiger partial charge in [-0.05, 0) is 31.0 Å². The third kappa shape index (κ3) is 2.82. The maximum Gasteiger partial charge on any atom is 0.167 e. The molecule has 136 valence electrons. The van der Waals surface area contributed by atoms with E-state index in [1.165, 1.54) is 11.9 Å². The van der Waals surface area contributed by atoms with Gasteiger partial charge in [-0.1, -0.05) is 12.1 Å². The Balaban J connectivity index is 1.69. The summed E-state index contributed by atoms with van der Waals surface area (Å²) in [7, 11) is 0. The predicted octanol–water partition coefficient (Wildman–Crippen LogP) is 1.83. The first kappa shape index (κ1) is 16.9. The average molecular weight is 355 g/mol. The van der Waals surface area contributed by atoms with Crippen LogP contribution in [0.25, 0.3) is 11.2 Å². The number of fused-ring (bicyclic) bond motifs is 1. The summed E-state index contributed by atoms with van der Waals surface area (Å²) in [4.78, 5) is 13.1. The number of aliphatic hydroxyl groups excluding tert-OH is 2. The van der Waals surface area contributed by atoms with Gasteiger partial charge in [0.1, 0.15) is 18.7 Å². The second-order valence-corrected chi connectivity index (χ2v) is 6.53. The lowest BCUT2D eigenvalue weighted by atomic mass is 10.1. The van der Waals surface area contributed by atoms with Gasteiger partial charge in [-0.25, -0.2) is 15.0 Å². The minimum atomic E-state index is -0.711. The number of rotatable bonds is 4. The summed E-state index contributed by atoms with van der Waals surface area (Å²) in [6.45, 7) is 3.89. The molecule has 26 heavy (non-hydrogen) atoms. The number of imidazole rings is 1. The van der Waals surface area contributed by atoms with Crippen LogP contribution >= 0.6 is 0 Å². The van der Waals surface area contributed by atoms with Crippen molar-refractivity contribution in [3.63, 3.8) is 0 Å². The van der Waals surface area contributed by atoms with E-state index in [9.17, 15) is 10.2 Å². The van der Waals surface area contributed by atoms with E-state index in [4.69, 9.17) is 4.74 Å². The fourth-order valence-electron chi connectivity index (χ4n) is 3.22. The minimum Gasteiger partial charge on any atom is -0.394 e. The zero-order valence-electron chi connectivity index (χ0n) is 14.6. The number of anilines is 2. The number of aromatic nitrogens is 4. The molecule has 0 bridgehead atoms. The third-order valence-corrected chi connectivity index (χ3v) is 4.91. The fourth-order valence-corrected chi connectivity index (χ4v) is 3.22. The van der Waals surface area contributed by atoms with Crippen LogP contribution < -0.4 is 5.32 Å². The number of hydrogen-bond donors (Lipinski definition) is 3. The van der Waals surface area contributed by atoms with Crippen molar-refractivity contribution in [3.05, 3.63) is 42.0 Å². The number of aliphatic hydroxyl groups is 2. The number of ether oxygens (including phenoxy) is 1. The Morgan fingerprint density at radius 3 is 2.88 bits per heavy atom. The molecule has 3 heterocycles.